The summed E-state index contributed by atoms with van der Waals surface area (Å²) in [7, 11) is 0. The Balaban J connectivity index is 1.86. The van der Waals surface area contributed by atoms with Crippen molar-refractivity contribution in [3.05, 3.63) is 84.4 Å². The maximum absolute atomic E-state index is 12.0. The van der Waals surface area contributed by atoms with Crippen LogP contribution < -0.4 is 0 Å². The van der Waals surface area contributed by atoms with Gasteiger partial charge in [0.25, 0.3) is 11.6 Å². The molecular formula is C22H20O6. The summed E-state index contributed by atoms with van der Waals surface area (Å²) in [6.45, 7) is 3.32. The van der Waals surface area contributed by atoms with Crippen LogP contribution in [0.4, 0.5) is 0 Å². The number of ether oxygens (including phenoxy) is 2. The van der Waals surface area contributed by atoms with E-state index in [4.69, 9.17) is 9.47 Å². The average Bonchev–Trinajstić information content (AvgIpc) is 2.75. The second-order valence-electron chi connectivity index (χ2n) is 5.98. The van der Waals surface area contributed by atoms with Gasteiger partial charge in [-0.2, -0.15) is 0 Å². The van der Waals surface area contributed by atoms with Crippen LogP contribution in [0.3, 0.4) is 0 Å². The van der Waals surface area contributed by atoms with Crippen molar-refractivity contribution in [3.8, 4) is 0 Å². The lowest BCUT2D eigenvalue weighted by molar-refractivity contribution is -0.143. The Hall–Kier alpha value is -3.54. The van der Waals surface area contributed by atoms with E-state index >= 15 is 0 Å². The number of carbonyl (C=O) groups excluding carboxylic acids is 4. The van der Waals surface area contributed by atoms with E-state index in [1.165, 1.54) is 24.3 Å². The van der Waals surface area contributed by atoms with E-state index in [2.05, 4.69) is 6.58 Å². The third-order valence-electron chi connectivity index (χ3n) is 3.84. The highest BCUT2D eigenvalue weighted by Crippen LogP contribution is 2.09. The molecule has 0 bridgehead atoms. The maximum atomic E-state index is 12.0. The first-order valence-electron chi connectivity index (χ1n) is 8.66. The zero-order valence-electron chi connectivity index (χ0n) is 15.2. The highest BCUT2D eigenvalue weighted by Gasteiger charge is 2.22. The van der Waals surface area contributed by atoms with Crippen LogP contribution >= 0.6 is 0 Å². The molecule has 6 nitrogen and oxygen atoms in total. The molecule has 28 heavy (non-hydrogen) atoms. The molecule has 0 fully saturated rings. The largest absolute Gasteiger partial charge is 0.459 e. The molecule has 2 aromatic rings. The summed E-state index contributed by atoms with van der Waals surface area (Å²) < 4.78 is 10.1. The SMILES string of the molecule is C=CCC(COC(=O)C(=O)c1ccccc1)COC(=O)C(=O)c1ccccc1. The molecular weight excluding hydrogens is 360 g/mol. The quantitative estimate of drug-likeness (QED) is 0.273. The number of ketones is 2. The normalized spacial score (nSPS) is 10.2. The number of benzene rings is 2. The second kappa shape index (κ2) is 10.6. The van der Waals surface area contributed by atoms with Gasteiger partial charge in [0.1, 0.15) is 0 Å². The lowest BCUT2D eigenvalue weighted by Gasteiger charge is -2.15. The van der Waals surface area contributed by atoms with E-state index < -0.39 is 29.4 Å². The van der Waals surface area contributed by atoms with Crippen molar-refractivity contribution < 1.29 is 28.7 Å². The van der Waals surface area contributed by atoms with Gasteiger partial charge in [0, 0.05) is 17.0 Å². The van der Waals surface area contributed by atoms with Gasteiger partial charge in [-0.3, -0.25) is 9.59 Å². The monoisotopic (exact) mass is 380 g/mol. The van der Waals surface area contributed by atoms with Gasteiger partial charge in [0.05, 0.1) is 13.2 Å². The molecule has 0 atom stereocenters. The van der Waals surface area contributed by atoms with Gasteiger partial charge >= 0.3 is 11.9 Å². The van der Waals surface area contributed by atoms with Gasteiger partial charge in [0.15, 0.2) is 0 Å². The van der Waals surface area contributed by atoms with Crippen molar-refractivity contribution in [2.24, 2.45) is 5.92 Å². The number of hydrogen-bond acceptors (Lipinski definition) is 6. The molecule has 2 rings (SSSR count). The van der Waals surface area contributed by atoms with Gasteiger partial charge in [-0.15, -0.1) is 6.58 Å². The number of Topliss-reactive ketones (excluding diaryl/α,β-unsaturated/α-hetero) is 2. The zero-order valence-corrected chi connectivity index (χ0v) is 15.2. The van der Waals surface area contributed by atoms with Crippen LogP contribution in [0.2, 0.25) is 0 Å². The van der Waals surface area contributed by atoms with Gasteiger partial charge in [-0.1, -0.05) is 66.7 Å². The van der Waals surface area contributed by atoms with Crippen molar-refractivity contribution in [1.82, 2.24) is 0 Å². The number of rotatable bonds is 10. The standard InChI is InChI=1S/C22H20O6/c1-2-9-16(14-27-21(25)19(23)17-10-5-3-6-11-17)15-28-22(26)20(24)18-12-7-4-8-13-18/h2-8,10-13,16H,1,9,14-15H2. The molecule has 0 aliphatic carbocycles. The summed E-state index contributed by atoms with van der Waals surface area (Å²) >= 11 is 0. The van der Waals surface area contributed by atoms with E-state index in [1.807, 2.05) is 0 Å². The van der Waals surface area contributed by atoms with Crippen molar-refractivity contribution in [2.75, 3.05) is 13.2 Å². The minimum atomic E-state index is -0.994. The van der Waals surface area contributed by atoms with Crippen LogP contribution in [0.1, 0.15) is 27.1 Å². The fraction of sp³-hybridized carbons (Fsp3) is 0.182. The summed E-state index contributed by atoms with van der Waals surface area (Å²) in [5.41, 5.74) is 0.459. The second-order valence-corrected chi connectivity index (χ2v) is 5.98. The summed E-state index contributed by atoms with van der Waals surface area (Å²) in [5, 5.41) is 0. The molecule has 0 heterocycles. The average molecular weight is 380 g/mol. The summed E-state index contributed by atoms with van der Waals surface area (Å²) in [5.74, 6) is -3.92. The Morgan fingerprint density at radius 2 is 1.14 bits per heavy atom. The van der Waals surface area contributed by atoms with Crippen LogP contribution in [-0.4, -0.2) is 36.7 Å². The van der Waals surface area contributed by atoms with Crippen LogP contribution in [0.25, 0.3) is 0 Å². The van der Waals surface area contributed by atoms with Crippen molar-refractivity contribution >= 4 is 23.5 Å². The van der Waals surface area contributed by atoms with Crippen LogP contribution in [0.15, 0.2) is 73.3 Å². The van der Waals surface area contributed by atoms with E-state index in [9.17, 15) is 19.2 Å². The molecule has 2 aromatic carbocycles. The smallest absolute Gasteiger partial charge is 0.379 e. The summed E-state index contributed by atoms with van der Waals surface area (Å²) in [6, 6.07) is 16.1. The first-order chi connectivity index (χ1) is 13.5. The zero-order chi connectivity index (χ0) is 20.4. The van der Waals surface area contributed by atoms with E-state index in [-0.39, 0.29) is 24.3 Å². The van der Waals surface area contributed by atoms with Gasteiger partial charge in [-0.25, -0.2) is 9.59 Å². The highest BCUT2D eigenvalue weighted by atomic mass is 16.6. The first kappa shape index (κ1) is 20.8. The Labute approximate surface area is 162 Å². The van der Waals surface area contributed by atoms with E-state index in [0.29, 0.717) is 6.42 Å². The van der Waals surface area contributed by atoms with Gasteiger partial charge < -0.3 is 9.47 Å². The number of hydrogen-bond donors (Lipinski definition) is 0. The molecule has 6 heteroatoms. The minimum absolute atomic E-state index is 0.143. The molecule has 0 radical (unpaired) electrons. The Morgan fingerprint density at radius 3 is 1.50 bits per heavy atom. The molecule has 0 amide bonds. The molecule has 0 aromatic heterocycles. The fourth-order valence-corrected chi connectivity index (χ4v) is 2.35. The number of esters is 2. The van der Waals surface area contributed by atoms with Crippen molar-refractivity contribution in [2.45, 2.75) is 6.42 Å². The van der Waals surface area contributed by atoms with E-state index in [1.54, 1.807) is 42.5 Å². The minimum Gasteiger partial charge on any atom is -0.459 e. The highest BCUT2D eigenvalue weighted by molar-refractivity contribution is 6.41. The molecule has 0 aliphatic rings. The Bertz CT molecular complexity index is 774. The Morgan fingerprint density at radius 1 is 0.750 bits per heavy atom. The molecule has 0 N–H and O–H groups in total. The van der Waals surface area contributed by atoms with Gasteiger partial charge in [-0.05, 0) is 6.42 Å². The number of carbonyl (C=O) groups is 4. The summed E-state index contributed by atoms with van der Waals surface area (Å²) in [6.07, 6.45) is 1.95. The summed E-state index contributed by atoms with van der Waals surface area (Å²) in [4.78, 5) is 47.9. The molecule has 0 aliphatic heterocycles. The first-order valence-corrected chi connectivity index (χ1v) is 8.66. The van der Waals surface area contributed by atoms with Crippen LogP contribution in [0.5, 0.6) is 0 Å². The number of allylic oxidation sites excluding steroid dienone is 1. The van der Waals surface area contributed by atoms with Gasteiger partial charge in [0.2, 0.25) is 0 Å². The predicted molar refractivity (Wildman–Crippen MR) is 102 cm³/mol. The third kappa shape index (κ3) is 6.02. The van der Waals surface area contributed by atoms with Crippen molar-refractivity contribution in [3.63, 3.8) is 0 Å². The van der Waals surface area contributed by atoms with Crippen LogP contribution in [-0.2, 0) is 19.1 Å². The molecule has 144 valence electrons. The van der Waals surface area contributed by atoms with Crippen LogP contribution in [0, 0.1) is 5.92 Å². The van der Waals surface area contributed by atoms with E-state index in [0.717, 1.165) is 0 Å². The van der Waals surface area contributed by atoms with Crippen molar-refractivity contribution in [1.29, 1.82) is 0 Å². The third-order valence-corrected chi connectivity index (χ3v) is 3.84. The molecule has 0 spiro atoms. The molecule has 0 saturated heterocycles. The maximum Gasteiger partial charge on any atom is 0.379 e. The fourth-order valence-electron chi connectivity index (χ4n) is 2.35. The predicted octanol–water partition coefficient (Wildman–Crippen LogP) is 3.03. The molecule has 0 unspecified atom stereocenters. The topological polar surface area (TPSA) is 86.7 Å². The lowest BCUT2D eigenvalue weighted by atomic mass is 10.1. The molecule has 0 saturated carbocycles. The Kier molecular flexibility index (Phi) is 7.84. The lowest BCUT2D eigenvalue weighted by Crippen LogP contribution is -2.26.